The van der Waals surface area contributed by atoms with Gasteiger partial charge in [0.25, 0.3) is 5.91 Å². The quantitative estimate of drug-likeness (QED) is 0.536. The van der Waals surface area contributed by atoms with Crippen molar-refractivity contribution < 1.29 is 19.1 Å². The Morgan fingerprint density at radius 2 is 2.33 bits per heavy atom. The molecule has 0 bridgehead atoms. The van der Waals surface area contributed by atoms with Crippen molar-refractivity contribution in [2.24, 2.45) is 0 Å². The Morgan fingerprint density at radius 1 is 1.50 bits per heavy atom. The Bertz CT molecular complexity index is 378. The third-order valence-corrected chi connectivity index (χ3v) is 2.10. The van der Waals surface area contributed by atoms with Crippen molar-refractivity contribution in [2.45, 2.75) is 6.42 Å². The highest BCUT2D eigenvalue weighted by atomic mass is 16.5. The van der Waals surface area contributed by atoms with E-state index >= 15 is 0 Å². The highest BCUT2D eigenvalue weighted by molar-refractivity contribution is 5.77. The van der Waals surface area contributed by atoms with Gasteiger partial charge in [-0.2, -0.15) is 0 Å². The van der Waals surface area contributed by atoms with Gasteiger partial charge < -0.3 is 14.8 Å². The van der Waals surface area contributed by atoms with Crippen LogP contribution in [0.1, 0.15) is 16.9 Å². The molecule has 0 aliphatic rings. The number of aromatic nitrogens is 1. The SMILES string of the molecule is COCCCNC(=O)COc1ccc(C=O)nc1. The van der Waals surface area contributed by atoms with Crippen LogP contribution in [0.3, 0.4) is 0 Å². The Balaban J connectivity index is 2.22. The number of aldehydes is 1. The summed E-state index contributed by atoms with van der Waals surface area (Å²) in [6.07, 6.45) is 2.81. The fourth-order valence-electron chi connectivity index (χ4n) is 1.19. The highest BCUT2D eigenvalue weighted by Gasteiger charge is 2.02. The van der Waals surface area contributed by atoms with Gasteiger partial charge in [0.05, 0.1) is 6.20 Å². The molecule has 0 saturated heterocycles. The minimum absolute atomic E-state index is 0.0743. The van der Waals surface area contributed by atoms with E-state index in [1.807, 2.05) is 0 Å². The van der Waals surface area contributed by atoms with E-state index < -0.39 is 0 Å². The van der Waals surface area contributed by atoms with Crippen LogP contribution in [-0.2, 0) is 9.53 Å². The maximum absolute atomic E-state index is 11.3. The Labute approximate surface area is 105 Å². The van der Waals surface area contributed by atoms with Crippen LogP contribution < -0.4 is 10.1 Å². The number of hydrogen-bond acceptors (Lipinski definition) is 5. The number of nitrogens with one attached hydrogen (secondary N) is 1. The van der Waals surface area contributed by atoms with Gasteiger partial charge in [-0.3, -0.25) is 9.59 Å². The number of carbonyl (C=O) groups excluding carboxylic acids is 2. The minimum atomic E-state index is -0.203. The zero-order valence-corrected chi connectivity index (χ0v) is 10.2. The molecule has 0 saturated carbocycles. The van der Waals surface area contributed by atoms with Crippen molar-refractivity contribution in [2.75, 3.05) is 26.9 Å². The molecule has 0 spiro atoms. The van der Waals surface area contributed by atoms with Crippen molar-refractivity contribution in [1.29, 1.82) is 0 Å². The Kier molecular flexibility index (Phi) is 6.42. The third kappa shape index (κ3) is 5.40. The Hall–Kier alpha value is -1.95. The summed E-state index contributed by atoms with van der Waals surface area (Å²) in [6.45, 7) is 1.09. The minimum Gasteiger partial charge on any atom is -0.482 e. The van der Waals surface area contributed by atoms with E-state index in [4.69, 9.17) is 9.47 Å². The van der Waals surface area contributed by atoms with Crippen LogP contribution in [0, 0.1) is 0 Å². The van der Waals surface area contributed by atoms with Crippen LogP contribution in [0.2, 0.25) is 0 Å². The van der Waals surface area contributed by atoms with Crippen molar-refractivity contribution in [1.82, 2.24) is 10.3 Å². The van der Waals surface area contributed by atoms with E-state index in [1.165, 1.54) is 12.3 Å². The van der Waals surface area contributed by atoms with Gasteiger partial charge in [0.15, 0.2) is 12.9 Å². The second-order valence-electron chi connectivity index (χ2n) is 3.52. The van der Waals surface area contributed by atoms with Gasteiger partial charge >= 0.3 is 0 Å². The molecule has 1 rings (SSSR count). The van der Waals surface area contributed by atoms with E-state index in [1.54, 1.807) is 13.2 Å². The highest BCUT2D eigenvalue weighted by Crippen LogP contribution is 2.07. The standard InChI is InChI=1S/C12H16N2O4/c1-17-6-2-5-13-12(16)9-18-11-4-3-10(8-15)14-7-11/h3-4,7-8H,2,5-6,9H2,1H3,(H,13,16). The fourth-order valence-corrected chi connectivity index (χ4v) is 1.19. The number of methoxy groups -OCH3 is 1. The van der Waals surface area contributed by atoms with Crippen LogP contribution in [0.4, 0.5) is 0 Å². The first-order chi connectivity index (χ1) is 8.76. The topological polar surface area (TPSA) is 77.5 Å². The summed E-state index contributed by atoms with van der Waals surface area (Å²) >= 11 is 0. The number of ether oxygens (including phenoxy) is 2. The maximum atomic E-state index is 11.3. The van der Waals surface area contributed by atoms with Crippen LogP contribution in [0.5, 0.6) is 5.75 Å². The normalized spacial score (nSPS) is 9.83. The number of nitrogens with zero attached hydrogens (tertiary/aromatic N) is 1. The molecule has 18 heavy (non-hydrogen) atoms. The molecule has 0 fully saturated rings. The smallest absolute Gasteiger partial charge is 0.257 e. The number of pyridine rings is 1. The lowest BCUT2D eigenvalue weighted by molar-refractivity contribution is -0.123. The molecule has 0 aromatic carbocycles. The molecule has 98 valence electrons. The summed E-state index contributed by atoms with van der Waals surface area (Å²) in [5.41, 5.74) is 0.325. The summed E-state index contributed by atoms with van der Waals surface area (Å²) < 4.78 is 10.1. The molecule has 0 aliphatic carbocycles. The van der Waals surface area contributed by atoms with Crippen molar-refractivity contribution in [3.05, 3.63) is 24.0 Å². The lowest BCUT2D eigenvalue weighted by Gasteiger charge is -2.06. The molecule has 0 unspecified atom stereocenters. The zero-order chi connectivity index (χ0) is 13.2. The number of carbonyl (C=O) groups is 2. The number of hydrogen-bond donors (Lipinski definition) is 1. The zero-order valence-electron chi connectivity index (χ0n) is 10.2. The monoisotopic (exact) mass is 252 g/mol. The van der Waals surface area contributed by atoms with Gasteiger partial charge in [0.2, 0.25) is 0 Å². The van der Waals surface area contributed by atoms with E-state index in [-0.39, 0.29) is 12.5 Å². The molecule has 6 heteroatoms. The number of amides is 1. The van der Waals surface area contributed by atoms with Gasteiger partial charge in [-0.1, -0.05) is 0 Å². The lowest BCUT2D eigenvalue weighted by atomic mass is 10.4. The van der Waals surface area contributed by atoms with E-state index in [9.17, 15) is 9.59 Å². The number of rotatable bonds is 8. The molecular weight excluding hydrogens is 236 g/mol. The van der Waals surface area contributed by atoms with Gasteiger partial charge in [0.1, 0.15) is 11.4 Å². The van der Waals surface area contributed by atoms with Gasteiger partial charge in [-0.25, -0.2) is 4.98 Å². The molecule has 1 aromatic rings. The first-order valence-corrected chi connectivity index (χ1v) is 5.56. The predicted octanol–water partition coefficient (Wildman–Crippen LogP) is 0.426. The van der Waals surface area contributed by atoms with E-state index in [2.05, 4.69) is 10.3 Å². The first kappa shape index (κ1) is 14.1. The summed E-state index contributed by atoms with van der Waals surface area (Å²) in [5.74, 6) is 0.248. The average molecular weight is 252 g/mol. The average Bonchev–Trinajstić information content (AvgIpc) is 2.42. The molecule has 0 aliphatic heterocycles. The molecule has 6 nitrogen and oxygen atoms in total. The summed E-state index contributed by atoms with van der Waals surface area (Å²) in [6, 6.07) is 3.12. The van der Waals surface area contributed by atoms with Gasteiger partial charge in [-0.15, -0.1) is 0 Å². The lowest BCUT2D eigenvalue weighted by Crippen LogP contribution is -2.30. The molecular formula is C12H16N2O4. The van der Waals surface area contributed by atoms with Crippen molar-refractivity contribution >= 4 is 12.2 Å². The summed E-state index contributed by atoms with van der Waals surface area (Å²) in [7, 11) is 1.61. The van der Waals surface area contributed by atoms with Crippen molar-refractivity contribution in [3.63, 3.8) is 0 Å². The second-order valence-corrected chi connectivity index (χ2v) is 3.52. The predicted molar refractivity (Wildman–Crippen MR) is 64.6 cm³/mol. The van der Waals surface area contributed by atoms with Crippen LogP contribution in [0.15, 0.2) is 18.3 Å². The molecule has 1 N–H and O–H groups in total. The fraction of sp³-hybridized carbons (Fsp3) is 0.417. The first-order valence-electron chi connectivity index (χ1n) is 5.56. The molecule has 1 amide bonds. The molecule has 0 radical (unpaired) electrons. The second kappa shape index (κ2) is 8.19. The summed E-state index contributed by atoms with van der Waals surface area (Å²) in [5, 5.41) is 2.69. The summed E-state index contributed by atoms with van der Waals surface area (Å²) in [4.78, 5) is 25.5. The van der Waals surface area contributed by atoms with E-state index in [0.29, 0.717) is 30.9 Å². The van der Waals surface area contributed by atoms with Crippen LogP contribution in [-0.4, -0.2) is 44.0 Å². The van der Waals surface area contributed by atoms with E-state index in [0.717, 1.165) is 6.42 Å². The molecule has 1 heterocycles. The van der Waals surface area contributed by atoms with Gasteiger partial charge in [-0.05, 0) is 18.6 Å². The van der Waals surface area contributed by atoms with Gasteiger partial charge in [0, 0.05) is 20.3 Å². The maximum Gasteiger partial charge on any atom is 0.257 e. The van der Waals surface area contributed by atoms with Crippen LogP contribution >= 0.6 is 0 Å². The molecule has 0 atom stereocenters. The van der Waals surface area contributed by atoms with Crippen molar-refractivity contribution in [3.8, 4) is 5.75 Å². The van der Waals surface area contributed by atoms with Crippen LogP contribution in [0.25, 0.3) is 0 Å². The largest absolute Gasteiger partial charge is 0.482 e. The third-order valence-electron chi connectivity index (χ3n) is 2.10. The Morgan fingerprint density at radius 3 is 2.94 bits per heavy atom. The molecule has 1 aromatic heterocycles.